The van der Waals surface area contributed by atoms with Crippen LogP contribution in [0.2, 0.25) is 0 Å². The molecule has 4 fully saturated rings. The molecule has 3 nitrogen and oxygen atoms in total. The Morgan fingerprint density at radius 1 is 1.08 bits per heavy atom. The Kier molecular flexibility index (Phi) is 3.99. The normalized spacial score (nSPS) is 40.1. The van der Waals surface area contributed by atoms with Crippen LogP contribution in [0.4, 0.5) is 0 Å². The van der Waals surface area contributed by atoms with Crippen LogP contribution in [0, 0.1) is 22.7 Å². The minimum atomic E-state index is -0.655. The van der Waals surface area contributed by atoms with Gasteiger partial charge in [-0.05, 0) is 70.1 Å². The summed E-state index contributed by atoms with van der Waals surface area (Å²) < 4.78 is 6.26. The van der Waals surface area contributed by atoms with E-state index in [0.29, 0.717) is 18.3 Å². The molecule has 0 aliphatic heterocycles. The van der Waals surface area contributed by atoms with Gasteiger partial charge in [-0.15, -0.1) is 0 Å². The van der Waals surface area contributed by atoms with Gasteiger partial charge in [0.15, 0.2) is 0 Å². The summed E-state index contributed by atoms with van der Waals surface area (Å²) >= 11 is 0. The monoisotopic (exact) mass is 334 g/mol. The number of aliphatic hydroxyl groups is 1. The van der Waals surface area contributed by atoms with Crippen molar-refractivity contribution in [1.82, 2.24) is 0 Å². The predicted molar refractivity (Wildman–Crippen MR) is 95.4 cm³/mol. The first-order valence-corrected chi connectivity index (χ1v) is 9.48. The third-order valence-electron chi connectivity index (χ3n) is 6.85. The van der Waals surface area contributed by atoms with Gasteiger partial charge in [0.05, 0.1) is 11.0 Å². The lowest BCUT2D eigenvalue weighted by Gasteiger charge is -2.59. The zero-order chi connectivity index (χ0) is 18.0. The number of hydrogen-bond donors (Lipinski definition) is 1. The van der Waals surface area contributed by atoms with Gasteiger partial charge in [0, 0.05) is 6.42 Å². The molecule has 0 amide bonds. The Bertz CT molecular complexity index is 550. The van der Waals surface area contributed by atoms with Gasteiger partial charge in [-0.2, -0.15) is 0 Å². The summed E-state index contributed by atoms with van der Waals surface area (Å²) in [5.74, 6) is 0.920. The Labute approximate surface area is 146 Å². The maximum atomic E-state index is 13.3. The average Bonchev–Trinajstić information content (AvgIpc) is 2.32. The van der Waals surface area contributed by atoms with Crippen molar-refractivity contribution in [2.75, 3.05) is 0 Å². The lowest BCUT2D eigenvalue weighted by molar-refractivity contribution is -0.227. The average molecular weight is 335 g/mol. The minimum absolute atomic E-state index is 0.123. The van der Waals surface area contributed by atoms with E-state index in [4.69, 9.17) is 4.74 Å². The fourth-order valence-electron chi connectivity index (χ4n) is 5.71. The third-order valence-corrected chi connectivity index (χ3v) is 6.85. The summed E-state index contributed by atoms with van der Waals surface area (Å²) in [5.41, 5.74) is -0.775. The van der Waals surface area contributed by atoms with E-state index in [1.54, 1.807) is 0 Å². The SMILES string of the molecule is CC(C)=CC(C)(C(=O)OC12CC3CC(CC(O)(C3)C1)C2)C(C)(C)C. The highest BCUT2D eigenvalue weighted by Gasteiger charge is 2.60. The molecule has 4 rings (SSSR count). The van der Waals surface area contributed by atoms with Crippen LogP contribution < -0.4 is 0 Å². The summed E-state index contributed by atoms with van der Waals surface area (Å²) in [6.07, 6.45) is 7.56. The highest BCUT2D eigenvalue weighted by Crippen LogP contribution is 2.59. The van der Waals surface area contributed by atoms with Gasteiger partial charge in [-0.3, -0.25) is 4.79 Å². The predicted octanol–water partition coefficient (Wildman–Crippen LogP) is 4.63. The number of allylic oxidation sites excluding steroid dienone is 1. The van der Waals surface area contributed by atoms with E-state index in [9.17, 15) is 9.90 Å². The number of carbonyl (C=O) groups is 1. The minimum Gasteiger partial charge on any atom is -0.458 e. The molecule has 0 aromatic heterocycles. The number of carbonyl (C=O) groups excluding carboxylic acids is 1. The topological polar surface area (TPSA) is 46.5 Å². The first-order valence-electron chi connectivity index (χ1n) is 9.48. The Morgan fingerprint density at radius 3 is 2.04 bits per heavy atom. The van der Waals surface area contributed by atoms with Crippen LogP contribution in [0.3, 0.4) is 0 Å². The molecule has 136 valence electrons. The maximum Gasteiger partial charge on any atom is 0.316 e. The molecular weight excluding hydrogens is 300 g/mol. The Morgan fingerprint density at radius 2 is 1.62 bits per heavy atom. The molecule has 0 heterocycles. The van der Waals surface area contributed by atoms with Crippen LogP contribution in [0.25, 0.3) is 0 Å². The highest BCUT2D eigenvalue weighted by molar-refractivity contribution is 5.80. The smallest absolute Gasteiger partial charge is 0.316 e. The van der Waals surface area contributed by atoms with E-state index in [-0.39, 0.29) is 11.4 Å². The molecule has 0 radical (unpaired) electrons. The summed E-state index contributed by atoms with van der Waals surface area (Å²) in [7, 11) is 0. The lowest BCUT2D eigenvalue weighted by atomic mass is 9.52. The molecule has 0 aromatic rings. The van der Waals surface area contributed by atoms with Gasteiger partial charge in [0.25, 0.3) is 0 Å². The number of esters is 1. The molecule has 4 aliphatic carbocycles. The second-order valence-corrected chi connectivity index (χ2v) is 10.4. The van der Waals surface area contributed by atoms with Crippen molar-refractivity contribution in [3.63, 3.8) is 0 Å². The molecule has 3 unspecified atom stereocenters. The molecular formula is C21H34O3. The lowest BCUT2D eigenvalue weighted by Crippen LogP contribution is -2.61. The summed E-state index contributed by atoms with van der Waals surface area (Å²) in [6.45, 7) is 12.4. The fraction of sp³-hybridized carbons (Fsp3) is 0.857. The molecule has 0 spiro atoms. The summed E-state index contributed by atoms with van der Waals surface area (Å²) in [4.78, 5) is 13.3. The summed E-state index contributed by atoms with van der Waals surface area (Å²) in [6, 6.07) is 0. The number of rotatable bonds is 3. The van der Waals surface area contributed by atoms with Gasteiger partial charge in [0.1, 0.15) is 5.60 Å². The van der Waals surface area contributed by atoms with Crippen LogP contribution in [-0.4, -0.2) is 22.3 Å². The van der Waals surface area contributed by atoms with Gasteiger partial charge in [-0.25, -0.2) is 0 Å². The van der Waals surface area contributed by atoms with E-state index in [1.165, 1.54) is 6.42 Å². The first kappa shape index (κ1) is 18.0. The van der Waals surface area contributed by atoms with Gasteiger partial charge in [-0.1, -0.05) is 32.4 Å². The van der Waals surface area contributed by atoms with Crippen molar-refractivity contribution in [1.29, 1.82) is 0 Å². The third kappa shape index (κ3) is 2.94. The van der Waals surface area contributed by atoms with Crippen LogP contribution in [0.1, 0.15) is 80.1 Å². The van der Waals surface area contributed by atoms with Crippen LogP contribution in [0.5, 0.6) is 0 Å². The maximum absolute atomic E-state index is 13.3. The van der Waals surface area contributed by atoms with E-state index in [2.05, 4.69) is 26.8 Å². The molecule has 0 saturated heterocycles. The first-order chi connectivity index (χ1) is 10.9. The number of hydrogen-bond acceptors (Lipinski definition) is 3. The molecule has 1 N–H and O–H groups in total. The molecule has 3 heteroatoms. The Balaban J connectivity index is 1.87. The molecule has 4 bridgehead atoms. The quantitative estimate of drug-likeness (QED) is 0.604. The highest BCUT2D eigenvalue weighted by atomic mass is 16.6. The molecule has 24 heavy (non-hydrogen) atoms. The molecule has 4 saturated carbocycles. The van der Waals surface area contributed by atoms with E-state index in [1.807, 2.05) is 20.8 Å². The second-order valence-electron chi connectivity index (χ2n) is 10.4. The van der Waals surface area contributed by atoms with Crippen LogP contribution in [0.15, 0.2) is 11.6 Å². The largest absolute Gasteiger partial charge is 0.458 e. The standard InChI is InChI=1S/C21H34O3/c1-14(2)8-19(6,18(3,4)5)17(22)24-21-11-15-7-16(12-21)10-20(23,9-15)13-21/h8,15-16,23H,7,9-13H2,1-6H3. The molecule has 3 atom stereocenters. The van der Waals surface area contributed by atoms with E-state index >= 15 is 0 Å². The van der Waals surface area contributed by atoms with Gasteiger partial charge in [0.2, 0.25) is 0 Å². The zero-order valence-corrected chi connectivity index (χ0v) is 16.2. The Hall–Kier alpha value is -0.830. The summed E-state index contributed by atoms with van der Waals surface area (Å²) in [5, 5.41) is 10.9. The van der Waals surface area contributed by atoms with E-state index < -0.39 is 16.6 Å². The van der Waals surface area contributed by atoms with Crippen LogP contribution in [-0.2, 0) is 9.53 Å². The van der Waals surface area contributed by atoms with Crippen LogP contribution >= 0.6 is 0 Å². The van der Waals surface area contributed by atoms with E-state index in [0.717, 1.165) is 31.3 Å². The van der Waals surface area contributed by atoms with Gasteiger partial charge >= 0.3 is 5.97 Å². The zero-order valence-electron chi connectivity index (χ0n) is 16.2. The number of ether oxygens (including phenoxy) is 1. The van der Waals surface area contributed by atoms with Crippen molar-refractivity contribution in [3.8, 4) is 0 Å². The van der Waals surface area contributed by atoms with Crippen molar-refractivity contribution < 1.29 is 14.6 Å². The van der Waals surface area contributed by atoms with Crippen molar-refractivity contribution >= 4 is 5.97 Å². The fourth-order valence-corrected chi connectivity index (χ4v) is 5.71. The van der Waals surface area contributed by atoms with Crippen molar-refractivity contribution in [2.24, 2.45) is 22.7 Å². The van der Waals surface area contributed by atoms with Crippen molar-refractivity contribution in [2.45, 2.75) is 91.3 Å². The van der Waals surface area contributed by atoms with Gasteiger partial charge < -0.3 is 9.84 Å². The second kappa shape index (κ2) is 5.33. The molecule has 0 aromatic carbocycles. The molecule has 4 aliphatic rings. The van der Waals surface area contributed by atoms with Crippen molar-refractivity contribution in [3.05, 3.63) is 11.6 Å².